The van der Waals surface area contributed by atoms with Crippen LogP contribution in [0.4, 0.5) is 0 Å². The van der Waals surface area contributed by atoms with Crippen molar-refractivity contribution in [3.8, 4) is 0 Å². The van der Waals surface area contributed by atoms with Crippen molar-refractivity contribution < 1.29 is 0 Å². The molecule has 0 fully saturated rings. The van der Waals surface area contributed by atoms with Crippen LogP contribution >= 0.6 is 11.3 Å². The zero-order chi connectivity index (χ0) is 5.28. The third-order valence-electron chi connectivity index (χ3n) is 0.665. The summed E-state index contributed by atoms with van der Waals surface area (Å²) in [6.45, 7) is 0. The van der Waals surface area contributed by atoms with Gasteiger partial charge < -0.3 is 0 Å². The summed E-state index contributed by atoms with van der Waals surface area (Å²) in [7, 11) is 0. The van der Waals surface area contributed by atoms with Crippen molar-refractivity contribution in [3.05, 3.63) is 11.4 Å². The first kappa shape index (κ1) is 6.42. The monoisotopic (exact) mass is 322 g/mol. The Morgan fingerprint density at radius 2 is 2.14 bits per heavy atom. The maximum absolute atomic E-state index is 2.20. The van der Waals surface area contributed by atoms with E-state index in [1.54, 1.807) is 47.9 Å². The molecule has 7 heavy (non-hydrogen) atoms. The molecule has 32 valence electrons. The molecule has 0 unspecified atom stereocenters. The number of rotatable bonds is 0. The molecule has 0 saturated carbocycles. The van der Waals surface area contributed by atoms with Crippen LogP contribution in [0.1, 0.15) is 0 Å². The van der Waals surface area contributed by atoms with E-state index in [9.17, 15) is 0 Å². The quantitative estimate of drug-likeness (QED) is 0.557. The maximum atomic E-state index is 2.20. The first-order valence-corrected chi connectivity index (χ1v) is 5.55. The van der Waals surface area contributed by atoms with Crippen LogP contribution in [0, 0.1) is 0 Å². The van der Waals surface area contributed by atoms with E-state index in [0.29, 0.717) is 0 Å². The second-order valence-corrected chi connectivity index (χ2v) is 6.08. The van der Waals surface area contributed by atoms with E-state index in [2.05, 4.69) is 11.4 Å². The van der Waals surface area contributed by atoms with Crippen LogP contribution in [0.2, 0.25) is 0 Å². The molecule has 1 aromatic heterocycles. The molecular weight excluding hydrogens is 318 g/mol. The van der Waals surface area contributed by atoms with Crippen molar-refractivity contribution in [3.63, 3.8) is 0 Å². The number of thiophene rings is 1. The molecule has 1 heterocycles. The Balaban J connectivity index is 3.12. The van der Waals surface area contributed by atoms with Gasteiger partial charge in [0.05, 0.1) is 0 Å². The topological polar surface area (TPSA) is 0 Å². The molecule has 0 N–H and O–H groups in total. The van der Waals surface area contributed by atoms with Crippen molar-refractivity contribution in [1.29, 1.82) is 0 Å². The Bertz CT molecular complexity index is 142. The van der Waals surface area contributed by atoms with Gasteiger partial charge >= 0.3 is 74.3 Å². The van der Waals surface area contributed by atoms with Crippen molar-refractivity contribution >= 4 is 62.9 Å². The van der Waals surface area contributed by atoms with Gasteiger partial charge in [-0.05, 0) is 0 Å². The molecule has 0 atom stereocenters. The Morgan fingerprint density at radius 3 is 2.29 bits per heavy atom. The molecular formula is C4H2SSn2. The fraction of sp³-hybridized carbons (Fsp3) is 0. The molecule has 0 nitrogen and oxygen atoms in total. The molecule has 0 aliphatic rings. The van der Waals surface area contributed by atoms with Gasteiger partial charge in [-0.15, -0.1) is 0 Å². The minimum atomic E-state index is 1.54. The van der Waals surface area contributed by atoms with Gasteiger partial charge in [-0.3, -0.25) is 0 Å². The normalized spacial score (nSPS) is 9.43. The molecule has 0 aliphatic carbocycles. The van der Waals surface area contributed by atoms with Gasteiger partial charge in [-0.1, -0.05) is 0 Å². The zero-order valence-electron chi connectivity index (χ0n) is 3.56. The van der Waals surface area contributed by atoms with Crippen molar-refractivity contribution in [1.82, 2.24) is 0 Å². The predicted molar refractivity (Wildman–Crippen MR) is 35.1 cm³/mol. The number of hydrogen-bond acceptors (Lipinski definition) is 1. The SMILES string of the molecule is [Sn][c]1ccs[c]1[Sn]. The fourth-order valence-electron chi connectivity index (χ4n) is 0.309. The van der Waals surface area contributed by atoms with E-state index in [0.717, 1.165) is 0 Å². The average molecular weight is 320 g/mol. The molecule has 0 bridgehead atoms. The predicted octanol–water partition coefficient (Wildman–Crippen LogP) is -0.664. The standard InChI is InChI=1S/C4H2S.2Sn/c1-2-4-5-3-1;;/h1,3H;;. The molecule has 0 amide bonds. The minimum absolute atomic E-state index is 1.54. The van der Waals surface area contributed by atoms with E-state index >= 15 is 0 Å². The summed E-state index contributed by atoms with van der Waals surface area (Å²) in [6.07, 6.45) is 0. The van der Waals surface area contributed by atoms with Gasteiger partial charge in [0.1, 0.15) is 0 Å². The first-order valence-electron chi connectivity index (χ1n) is 1.81. The van der Waals surface area contributed by atoms with Gasteiger partial charge in [-0.2, -0.15) is 0 Å². The van der Waals surface area contributed by atoms with Gasteiger partial charge in [0.25, 0.3) is 0 Å². The van der Waals surface area contributed by atoms with E-state index in [1.165, 1.54) is 3.58 Å². The van der Waals surface area contributed by atoms with Crippen LogP contribution in [0.5, 0.6) is 0 Å². The molecule has 0 aromatic carbocycles. The van der Waals surface area contributed by atoms with Gasteiger partial charge in [0.2, 0.25) is 0 Å². The van der Waals surface area contributed by atoms with Crippen molar-refractivity contribution in [2.45, 2.75) is 0 Å². The zero-order valence-corrected chi connectivity index (χ0v) is 10.1. The van der Waals surface area contributed by atoms with E-state index in [-0.39, 0.29) is 0 Å². The summed E-state index contributed by atoms with van der Waals surface area (Å²) in [4.78, 5) is 0. The van der Waals surface area contributed by atoms with Crippen molar-refractivity contribution in [2.24, 2.45) is 0 Å². The first-order chi connectivity index (χ1) is 3.30. The second kappa shape index (κ2) is 2.73. The number of hydrogen-bond donors (Lipinski definition) is 0. The fourth-order valence-corrected chi connectivity index (χ4v) is 2.75. The third-order valence-corrected chi connectivity index (χ3v) is 6.91. The van der Waals surface area contributed by atoms with Crippen molar-refractivity contribution in [2.75, 3.05) is 0 Å². The van der Waals surface area contributed by atoms with Gasteiger partial charge in [0.15, 0.2) is 0 Å². The average Bonchev–Trinajstić information content (AvgIpc) is 1.91. The van der Waals surface area contributed by atoms with E-state index in [4.69, 9.17) is 0 Å². The van der Waals surface area contributed by atoms with Crippen LogP contribution in [0.25, 0.3) is 0 Å². The summed E-state index contributed by atoms with van der Waals surface area (Å²) in [5.41, 5.74) is 0. The Kier molecular flexibility index (Phi) is 2.50. The summed E-state index contributed by atoms with van der Waals surface area (Å²) < 4.78 is 3.10. The molecule has 1 aromatic rings. The van der Waals surface area contributed by atoms with Gasteiger partial charge in [0, 0.05) is 0 Å². The summed E-state index contributed by atoms with van der Waals surface area (Å²) in [5, 5.41) is 2.16. The van der Waals surface area contributed by atoms with E-state index in [1.807, 2.05) is 11.3 Å². The Labute approximate surface area is 73.5 Å². The van der Waals surface area contributed by atoms with Crippen LogP contribution in [-0.4, -0.2) is 45.0 Å². The Hall–Kier alpha value is 1.30. The Morgan fingerprint density at radius 1 is 1.43 bits per heavy atom. The molecule has 3 heteroatoms. The van der Waals surface area contributed by atoms with Crippen LogP contribution in [0.15, 0.2) is 11.4 Å². The van der Waals surface area contributed by atoms with E-state index < -0.39 is 0 Å². The molecule has 0 spiro atoms. The van der Waals surface area contributed by atoms with Crippen LogP contribution in [-0.2, 0) is 0 Å². The summed E-state index contributed by atoms with van der Waals surface area (Å²) >= 11 is 4.99. The summed E-state index contributed by atoms with van der Waals surface area (Å²) in [5.74, 6) is 0. The second-order valence-electron chi connectivity index (χ2n) is 1.16. The molecule has 6 radical (unpaired) electrons. The molecule has 0 saturated heterocycles. The van der Waals surface area contributed by atoms with Crippen LogP contribution < -0.4 is 6.47 Å². The molecule has 1 rings (SSSR count). The third kappa shape index (κ3) is 1.60. The van der Waals surface area contributed by atoms with Gasteiger partial charge in [-0.25, -0.2) is 0 Å². The summed E-state index contributed by atoms with van der Waals surface area (Å²) in [6, 6.07) is 2.20. The van der Waals surface area contributed by atoms with Crippen LogP contribution in [0.3, 0.4) is 0 Å². The molecule has 0 aliphatic heterocycles.